The van der Waals surface area contributed by atoms with Crippen LogP contribution in [0.25, 0.3) is 11.1 Å². The molecule has 92 valence electrons. The Hall–Kier alpha value is -1.67. The van der Waals surface area contributed by atoms with Gasteiger partial charge in [0.15, 0.2) is 0 Å². The monoisotopic (exact) mass is 241 g/mol. The lowest BCUT2D eigenvalue weighted by Gasteiger charge is -2.20. The number of nitrogens with one attached hydrogen (secondary N) is 1. The van der Waals surface area contributed by atoms with Crippen molar-refractivity contribution in [2.45, 2.75) is 19.9 Å². The summed E-state index contributed by atoms with van der Waals surface area (Å²) >= 11 is 0. The Bertz CT molecular complexity index is 590. The Morgan fingerprint density at radius 1 is 1.17 bits per heavy atom. The van der Waals surface area contributed by atoms with E-state index >= 15 is 0 Å². The van der Waals surface area contributed by atoms with Gasteiger partial charge in [-0.1, -0.05) is 24.3 Å². The van der Waals surface area contributed by atoms with E-state index in [4.69, 9.17) is 0 Å². The van der Waals surface area contributed by atoms with Crippen molar-refractivity contribution in [3.63, 3.8) is 0 Å². The Morgan fingerprint density at radius 3 is 2.83 bits per heavy atom. The van der Waals surface area contributed by atoms with Gasteiger partial charge in [-0.3, -0.25) is 0 Å². The number of fused-ring (bicyclic) bond motifs is 1. The van der Waals surface area contributed by atoms with Gasteiger partial charge >= 0.3 is 0 Å². The number of halogens is 1. The van der Waals surface area contributed by atoms with Gasteiger partial charge in [-0.15, -0.1) is 0 Å². The maximum Gasteiger partial charge on any atom is 0.131 e. The average Bonchev–Trinajstić information content (AvgIpc) is 2.39. The molecule has 0 radical (unpaired) electrons. The molecule has 3 rings (SSSR count). The highest BCUT2D eigenvalue weighted by atomic mass is 19.1. The molecular weight excluding hydrogens is 225 g/mol. The fraction of sp³-hybridized carbons (Fsp3) is 0.250. The van der Waals surface area contributed by atoms with Crippen LogP contribution in [0.4, 0.5) is 4.39 Å². The van der Waals surface area contributed by atoms with Crippen molar-refractivity contribution in [2.24, 2.45) is 0 Å². The molecule has 18 heavy (non-hydrogen) atoms. The first-order valence-corrected chi connectivity index (χ1v) is 6.34. The Kier molecular flexibility index (Phi) is 2.88. The quantitative estimate of drug-likeness (QED) is 0.806. The van der Waals surface area contributed by atoms with Crippen molar-refractivity contribution in [1.29, 1.82) is 0 Å². The second-order valence-electron chi connectivity index (χ2n) is 4.84. The maximum atomic E-state index is 13.8. The molecule has 0 aromatic heterocycles. The third-order valence-corrected chi connectivity index (χ3v) is 3.62. The number of benzene rings is 2. The third kappa shape index (κ3) is 1.93. The fourth-order valence-corrected chi connectivity index (χ4v) is 2.69. The lowest BCUT2D eigenvalue weighted by Crippen LogP contribution is -2.24. The zero-order valence-corrected chi connectivity index (χ0v) is 10.5. The summed E-state index contributed by atoms with van der Waals surface area (Å²) in [7, 11) is 0. The van der Waals surface area contributed by atoms with Crippen LogP contribution in [0, 0.1) is 12.7 Å². The van der Waals surface area contributed by atoms with Crippen LogP contribution >= 0.6 is 0 Å². The SMILES string of the molecule is Cc1cc(-c2ccccc2F)cc2c1CCNC2. The molecule has 2 aromatic carbocycles. The molecule has 0 spiro atoms. The highest BCUT2D eigenvalue weighted by Gasteiger charge is 2.14. The molecule has 0 bridgehead atoms. The Balaban J connectivity index is 2.14. The van der Waals surface area contributed by atoms with Gasteiger partial charge in [0.05, 0.1) is 0 Å². The van der Waals surface area contributed by atoms with E-state index in [-0.39, 0.29) is 5.82 Å². The highest BCUT2D eigenvalue weighted by Crippen LogP contribution is 2.28. The molecule has 1 nitrogen and oxygen atoms in total. The van der Waals surface area contributed by atoms with Crippen molar-refractivity contribution in [3.05, 3.63) is 58.9 Å². The Labute approximate surface area is 107 Å². The minimum atomic E-state index is -0.152. The van der Waals surface area contributed by atoms with Gasteiger partial charge in [0.1, 0.15) is 5.82 Å². The summed E-state index contributed by atoms with van der Waals surface area (Å²) in [5, 5.41) is 3.37. The van der Waals surface area contributed by atoms with Gasteiger partial charge in [-0.25, -0.2) is 4.39 Å². The van der Waals surface area contributed by atoms with Crippen LogP contribution in [0.2, 0.25) is 0 Å². The van der Waals surface area contributed by atoms with E-state index in [0.717, 1.165) is 25.1 Å². The molecule has 1 aliphatic heterocycles. The van der Waals surface area contributed by atoms with Crippen LogP contribution in [0.5, 0.6) is 0 Å². The smallest absolute Gasteiger partial charge is 0.131 e. The number of hydrogen-bond donors (Lipinski definition) is 1. The minimum Gasteiger partial charge on any atom is -0.312 e. The number of rotatable bonds is 1. The molecule has 2 heteroatoms. The molecule has 0 saturated heterocycles. The summed E-state index contributed by atoms with van der Waals surface area (Å²) < 4.78 is 13.8. The van der Waals surface area contributed by atoms with E-state index in [2.05, 4.69) is 24.4 Å². The zero-order chi connectivity index (χ0) is 12.5. The first kappa shape index (κ1) is 11.4. The van der Waals surface area contributed by atoms with Gasteiger partial charge in [0.25, 0.3) is 0 Å². The third-order valence-electron chi connectivity index (χ3n) is 3.62. The van der Waals surface area contributed by atoms with E-state index in [1.807, 2.05) is 12.1 Å². The predicted octanol–water partition coefficient (Wildman–Crippen LogP) is 3.45. The van der Waals surface area contributed by atoms with Crippen LogP contribution in [-0.2, 0) is 13.0 Å². The van der Waals surface area contributed by atoms with Gasteiger partial charge in [-0.2, -0.15) is 0 Å². The molecule has 1 heterocycles. The van der Waals surface area contributed by atoms with E-state index in [1.165, 1.54) is 22.8 Å². The molecule has 2 aromatic rings. The van der Waals surface area contributed by atoms with Crippen LogP contribution in [-0.4, -0.2) is 6.54 Å². The molecule has 0 saturated carbocycles. The van der Waals surface area contributed by atoms with Gasteiger partial charge in [0.2, 0.25) is 0 Å². The lowest BCUT2D eigenvalue weighted by atomic mass is 9.91. The van der Waals surface area contributed by atoms with Crippen LogP contribution in [0.15, 0.2) is 36.4 Å². The molecule has 0 atom stereocenters. The largest absolute Gasteiger partial charge is 0.312 e. The summed E-state index contributed by atoms with van der Waals surface area (Å²) in [4.78, 5) is 0. The van der Waals surface area contributed by atoms with E-state index in [1.54, 1.807) is 6.07 Å². The van der Waals surface area contributed by atoms with Gasteiger partial charge < -0.3 is 5.32 Å². The summed E-state index contributed by atoms with van der Waals surface area (Å²) in [5.41, 5.74) is 5.67. The van der Waals surface area contributed by atoms with Gasteiger partial charge in [0, 0.05) is 12.1 Å². The lowest BCUT2D eigenvalue weighted by molar-refractivity contribution is 0.630. The van der Waals surface area contributed by atoms with E-state index in [0.29, 0.717) is 5.56 Å². The predicted molar refractivity (Wildman–Crippen MR) is 72.0 cm³/mol. The topological polar surface area (TPSA) is 12.0 Å². The molecule has 0 amide bonds. The van der Waals surface area contributed by atoms with Crippen LogP contribution in [0.1, 0.15) is 16.7 Å². The molecule has 0 unspecified atom stereocenters. The van der Waals surface area contributed by atoms with Crippen molar-refractivity contribution >= 4 is 0 Å². The number of hydrogen-bond acceptors (Lipinski definition) is 1. The first-order valence-electron chi connectivity index (χ1n) is 6.34. The van der Waals surface area contributed by atoms with Crippen molar-refractivity contribution < 1.29 is 4.39 Å². The molecular formula is C16H16FN. The van der Waals surface area contributed by atoms with E-state index in [9.17, 15) is 4.39 Å². The number of aryl methyl sites for hydroxylation is 1. The first-order chi connectivity index (χ1) is 8.75. The van der Waals surface area contributed by atoms with Crippen molar-refractivity contribution in [3.8, 4) is 11.1 Å². The summed E-state index contributed by atoms with van der Waals surface area (Å²) in [5.74, 6) is -0.152. The Morgan fingerprint density at radius 2 is 2.00 bits per heavy atom. The summed E-state index contributed by atoms with van der Waals surface area (Å²) in [6.07, 6.45) is 1.07. The maximum absolute atomic E-state index is 13.8. The van der Waals surface area contributed by atoms with Crippen molar-refractivity contribution in [1.82, 2.24) is 5.32 Å². The fourth-order valence-electron chi connectivity index (χ4n) is 2.69. The average molecular weight is 241 g/mol. The molecule has 1 aliphatic rings. The van der Waals surface area contributed by atoms with E-state index < -0.39 is 0 Å². The van der Waals surface area contributed by atoms with Crippen LogP contribution < -0.4 is 5.32 Å². The minimum absolute atomic E-state index is 0.152. The molecule has 0 fully saturated rings. The summed E-state index contributed by atoms with van der Waals surface area (Å²) in [6, 6.07) is 11.2. The second-order valence-corrected chi connectivity index (χ2v) is 4.84. The highest BCUT2D eigenvalue weighted by molar-refractivity contribution is 5.67. The summed E-state index contributed by atoms with van der Waals surface area (Å²) in [6.45, 7) is 4.04. The van der Waals surface area contributed by atoms with Crippen molar-refractivity contribution in [2.75, 3.05) is 6.54 Å². The molecule has 0 aliphatic carbocycles. The van der Waals surface area contributed by atoms with Gasteiger partial charge in [-0.05, 0) is 54.3 Å². The normalized spacial score (nSPS) is 14.3. The molecule has 1 N–H and O–H groups in total. The standard InChI is InChI=1S/C16H16FN/c1-11-8-12(15-4-2-3-5-16(15)17)9-13-10-18-7-6-14(11)13/h2-5,8-9,18H,6-7,10H2,1H3. The second kappa shape index (κ2) is 4.54. The zero-order valence-electron chi connectivity index (χ0n) is 10.5. The van der Waals surface area contributed by atoms with Crippen LogP contribution in [0.3, 0.4) is 0 Å².